The molecule has 0 saturated heterocycles. The first kappa shape index (κ1) is 21.1. The molecule has 0 saturated carbocycles. The predicted molar refractivity (Wildman–Crippen MR) is 83.6 cm³/mol. The fraction of sp³-hybridized carbons (Fsp3) is 0.688. The number of carbonyl (C=O) groups excluding carboxylic acids is 2. The highest BCUT2D eigenvalue weighted by molar-refractivity contribution is 6.12. The molecule has 142 valence electrons. The molecule has 0 bridgehead atoms. The van der Waals surface area contributed by atoms with Gasteiger partial charge < -0.3 is 5.11 Å². The van der Waals surface area contributed by atoms with Crippen LogP contribution < -0.4 is 5.32 Å². The van der Waals surface area contributed by atoms with Crippen LogP contribution in [-0.2, 0) is 14.4 Å². The Morgan fingerprint density at radius 3 is 2.16 bits per heavy atom. The van der Waals surface area contributed by atoms with Gasteiger partial charge in [0.25, 0.3) is 11.8 Å². The molecule has 1 aliphatic rings. The van der Waals surface area contributed by atoms with Crippen LogP contribution >= 0.6 is 0 Å². The Hall–Kier alpha value is -1.90. The van der Waals surface area contributed by atoms with Crippen LogP contribution in [0.15, 0.2) is 12.2 Å². The standard InChI is InChI=1S/C16H23F3N2O4/c1-10(2)14(15(24)25)20-11(16(17,18)19)6-4-3-5-9-21-12(22)7-8-13(21)23/h7-8,10-11,14,20H,3-6,9H2,1-2H3,(H,24,25)/t11?,14-/m0/s1. The summed E-state index contributed by atoms with van der Waals surface area (Å²) < 4.78 is 39.3. The van der Waals surface area contributed by atoms with E-state index in [1.165, 1.54) is 13.8 Å². The van der Waals surface area contributed by atoms with Gasteiger partial charge in [0, 0.05) is 18.7 Å². The monoisotopic (exact) mass is 364 g/mol. The van der Waals surface area contributed by atoms with Crippen molar-refractivity contribution in [2.75, 3.05) is 6.54 Å². The third-order valence-corrected chi connectivity index (χ3v) is 3.98. The summed E-state index contributed by atoms with van der Waals surface area (Å²) in [4.78, 5) is 34.8. The van der Waals surface area contributed by atoms with Crippen molar-refractivity contribution in [3.63, 3.8) is 0 Å². The first-order valence-corrected chi connectivity index (χ1v) is 8.13. The van der Waals surface area contributed by atoms with Gasteiger partial charge in [0.15, 0.2) is 0 Å². The minimum atomic E-state index is -4.55. The molecule has 0 aliphatic carbocycles. The lowest BCUT2D eigenvalue weighted by Crippen LogP contribution is -2.52. The zero-order valence-corrected chi connectivity index (χ0v) is 14.2. The molecule has 2 amide bonds. The van der Waals surface area contributed by atoms with E-state index in [4.69, 9.17) is 5.11 Å². The third-order valence-electron chi connectivity index (χ3n) is 3.98. The van der Waals surface area contributed by atoms with Gasteiger partial charge in [-0.05, 0) is 18.8 Å². The summed E-state index contributed by atoms with van der Waals surface area (Å²) in [6, 6.07) is -3.19. The van der Waals surface area contributed by atoms with Crippen molar-refractivity contribution in [2.45, 2.75) is 57.8 Å². The van der Waals surface area contributed by atoms with Crippen molar-refractivity contribution >= 4 is 17.8 Å². The second kappa shape index (κ2) is 8.98. The number of alkyl halides is 3. The maximum atomic E-state index is 13.1. The number of carboxylic acid groups (broad SMARTS) is 1. The second-order valence-electron chi connectivity index (χ2n) is 6.33. The van der Waals surface area contributed by atoms with Crippen molar-refractivity contribution in [1.82, 2.24) is 10.2 Å². The van der Waals surface area contributed by atoms with Crippen molar-refractivity contribution < 1.29 is 32.7 Å². The number of nitrogens with zero attached hydrogens (tertiary/aromatic N) is 1. The summed E-state index contributed by atoms with van der Waals surface area (Å²) in [6.07, 6.45) is -1.51. The highest BCUT2D eigenvalue weighted by atomic mass is 19.4. The molecular formula is C16H23F3N2O4. The molecule has 0 aromatic carbocycles. The number of hydrogen-bond donors (Lipinski definition) is 2. The van der Waals surface area contributed by atoms with E-state index in [1.807, 2.05) is 0 Å². The lowest BCUT2D eigenvalue weighted by atomic mass is 10.0. The smallest absolute Gasteiger partial charge is 0.403 e. The average Bonchev–Trinajstić information content (AvgIpc) is 2.79. The number of unbranched alkanes of at least 4 members (excludes halogenated alkanes) is 2. The van der Waals surface area contributed by atoms with Crippen molar-refractivity contribution in [3.8, 4) is 0 Å². The van der Waals surface area contributed by atoms with Gasteiger partial charge >= 0.3 is 12.1 Å². The fourth-order valence-electron chi connectivity index (χ4n) is 2.55. The van der Waals surface area contributed by atoms with Crippen molar-refractivity contribution in [3.05, 3.63) is 12.2 Å². The van der Waals surface area contributed by atoms with Crippen LogP contribution in [0.5, 0.6) is 0 Å². The van der Waals surface area contributed by atoms with Crippen LogP contribution in [0.3, 0.4) is 0 Å². The second-order valence-corrected chi connectivity index (χ2v) is 6.33. The van der Waals surface area contributed by atoms with Crippen molar-refractivity contribution in [1.29, 1.82) is 0 Å². The molecular weight excluding hydrogens is 341 g/mol. The Balaban J connectivity index is 2.45. The number of halogens is 3. The molecule has 9 heteroatoms. The molecule has 0 aromatic heterocycles. The fourth-order valence-corrected chi connectivity index (χ4v) is 2.55. The van der Waals surface area contributed by atoms with Crippen LogP contribution in [0.25, 0.3) is 0 Å². The van der Waals surface area contributed by atoms with Gasteiger partial charge in [-0.3, -0.25) is 24.6 Å². The molecule has 0 aromatic rings. The maximum Gasteiger partial charge on any atom is 0.403 e. The molecule has 1 aliphatic heterocycles. The topological polar surface area (TPSA) is 86.7 Å². The minimum Gasteiger partial charge on any atom is -0.480 e. The van der Waals surface area contributed by atoms with Crippen molar-refractivity contribution in [2.24, 2.45) is 5.92 Å². The molecule has 0 fully saturated rings. The van der Waals surface area contributed by atoms with Crippen LogP contribution in [0.4, 0.5) is 13.2 Å². The maximum absolute atomic E-state index is 13.1. The van der Waals surface area contributed by atoms with E-state index in [1.54, 1.807) is 0 Å². The van der Waals surface area contributed by atoms with E-state index >= 15 is 0 Å². The molecule has 6 nitrogen and oxygen atoms in total. The molecule has 1 heterocycles. The number of aliphatic carboxylic acids is 1. The highest BCUT2D eigenvalue weighted by Crippen LogP contribution is 2.25. The van der Waals surface area contributed by atoms with Gasteiger partial charge in [-0.1, -0.05) is 26.7 Å². The number of carboxylic acids is 1. The largest absolute Gasteiger partial charge is 0.480 e. The summed E-state index contributed by atoms with van der Waals surface area (Å²) in [5.74, 6) is -2.63. The van der Waals surface area contributed by atoms with E-state index in [2.05, 4.69) is 5.32 Å². The zero-order chi connectivity index (χ0) is 19.2. The molecule has 1 rings (SSSR count). The molecule has 0 spiro atoms. The number of imide groups is 1. The number of amides is 2. The Morgan fingerprint density at radius 2 is 1.72 bits per heavy atom. The van der Waals surface area contributed by atoms with Gasteiger partial charge in [0.2, 0.25) is 0 Å². The van der Waals surface area contributed by atoms with Gasteiger partial charge in [-0.2, -0.15) is 13.2 Å². The Kier molecular flexibility index (Phi) is 7.60. The predicted octanol–water partition coefficient (Wildman–Crippen LogP) is 2.10. The van der Waals surface area contributed by atoms with Crippen LogP contribution in [0, 0.1) is 5.92 Å². The van der Waals surface area contributed by atoms with E-state index in [-0.39, 0.29) is 19.4 Å². The van der Waals surface area contributed by atoms with Gasteiger partial charge in [0.05, 0.1) is 0 Å². The third kappa shape index (κ3) is 6.49. The molecule has 2 N–H and O–H groups in total. The average molecular weight is 364 g/mol. The number of carbonyl (C=O) groups is 3. The van der Waals surface area contributed by atoms with E-state index in [9.17, 15) is 27.6 Å². The quantitative estimate of drug-likeness (QED) is 0.458. The number of rotatable bonds is 10. The van der Waals surface area contributed by atoms with E-state index < -0.39 is 42.0 Å². The molecule has 0 radical (unpaired) electrons. The zero-order valence-electron chi connectivity index (χ0n) is 14.2. The number of nitrogens with one attached hydrogen (secondary N) is 1. The molecule has 2 atom stereocenters. The molecule has 25 heavy (non-hydrogen) atoms. The number of hydrogen-bond acceptors (Lipinski definition) is 4. The summed E-state index contributed by atoms with van der Waals surface area (Å²) in [5.41, 5.74) is 0. The summed E-state index contributed by atoms with van der Waals surface area (Å²) in [6.45, 7) is 3.24. The van der Waals surface area contributed by atoms with E-state index in [0.717, 1.165) is 17.1 Å². The first-order chi connectivity index (χ1) is 11.5. The van der Waals surface area contributed by atoms with Gasteiger partial charge in [-0.25, -0.2) is 0 Å². The lowest BCUT2D eigenvalue weighted by molar-refractivity contribution is -0.164. The summed E-state index contributed by atoms with van der Waals surface area (Å²) >= 11 is 0. The van der Waals surface area contributed by atoms with Gasteiger partial charge in [-0.15, -0.1) is 0 Å². The first-order valence-electron chi connectivity index (χ1n) is 8.13. The SMILES string of the molecule is CC(C)[C@H](NC(CCCCCN1C(=O)C=CC1=O)C(F)(F)F)C(=O)O. The Bertz CT molecular complexity index is 514. The lowest BCUT2D eigenvalue weighted by Gasteiger charge is -2.27. The Labute approximate surface area is 144 Å². The Morgan fingerprint density at radius 1 is 1.16 bits per heavy atom. The normalized spacial score (nSPS) is 17.4. The van der Waals surface area contributed by atoms with Crippen LogP contribution in [-0.4, -0.2) is 52.6 Å². The van der Waals surface area contributed by atoms with Crippen LogP contribution in [0.2, 0.25) is 0 Å². The summed E-state index contributed by atoms with van der Waals surface area (Å²) in [5, 5.41) is 11.2. The highest BCUT2D eigenvalue weighted by Gasteiger charge is 2.41. The van der Waals surface area contributed by atoms with Crippen LogP contribution in [0.1, 0.15) is 39.5 Å². The summed E-state index contributed by atoms with van der Waals surface area (Å²) in [7, 11) is 0. The minimum absolute atomic E-state index is 0.165. The van der Waals surface area contributed by atoms with Gasteiger partial charge in [0.1, 0.15) is 12.1 Å². The van der Waals surface area contributed by atoms with E-state index in [0.29, 0.717) is 12.8 Å². The molecule has 1 unspecified atom stereocenters.